The lowest BCUT2D eigenvalue weighted by Gasteiger charge is -2.32. The third-order valence-corrected chi connectivity index (χ3v) is 7.28. The molecule has 0 amide bonds. The Kier molecular flexibility index (Phi) is 7.52. The summed E-state index contributed by atoms with van der Waals surface area (Å²) in [7, 11) is 0. The molecule has 10 heteroatoms. The van der Waals surface area contributed by atoms with Gasteiger partial charge in [-0.25, -0.2) is 4.98 Å². The first-order valence-electron chi connectivity index (χ1n) is 11.7. The number of hydrogen-bond acceptors (Lipinski definition) is 4. The number of hydrogen-bond donors (Lipinski definition) is 2. The number of nitrogens with one attached hydrogen (secondary N) is 2. The number of benzene rings is 1. The lowest BCUT2D eigenvalue weighted by Crippen LogP contribution is -2.41. The van der Waals surface area contributed by atoms with Gasteiger partial charge in [0.15, 0.2) is 10.8 Å². The van der Waals surface area contributed by atoms with Crippen LogP contribution in [0.5, 0.6) is 0 Å². The van der Waals surface area contributed by atoms with E-state index in [1.807, 2.05) is 23.1 Å². The maximum absolute atomic E-state index is 13.6. The van der Waals surface area contributed by atoms with E-state index in [1.54, 1.807) is 0 Å². The molecule has 2 N–H and O–H groups in total. The molecule has 1 aliphatic carbocycles. The van der Waals surface area contributed by atoms with Crippen molar-refractivity contribution >= 4 is 40.7 Å². The van der Waals surface area contributed by atoms with Crippen molar-refractivity contribution in [2.45, 2.75) is 57.0 Å². The Morgan fingerprint density at radius 1 is 1.21 bits per heavy atom. The fourth-order valence-corrected chi connectivity index (χ4v) is 5.38. The van der Waals surface area contributed by atoms with Crippen LogP contribution in [0.15, 0.2) is 30.3 Å². The van der Waals surface area contributed by atoms with Crippen molar-refractivity contribution in [3.63, 3.8) is 0 Å². The van der Waals surface area contributed by atoms with Gasteiger partial charge < -0.3 is 15.5 Å². The second-order valence-corrected chi connectivity index (χ2v) is 10.3. The number of thiocarbonyl (C=S) groups is 1. The summed E-state index contributed by atoms with van der Waals surface area (Å²) < 4.78 is 40.7. The van der Waals surface area contributed by atoms with Gasteiger partial charge in [-0.3, -0.25) is 0 Å². The standard InChI is InChI=1S/C24H29ClF3N5S/c1-16-6-5-11-33(14-16)20-13-19(24(26,27)28)30-21(31-20)32-22(34)29-15-23(9-2-3-10-23)17-7-4-8-18(25)12-17/h4,7-8,12-13,16H,2-3,5-6,9-11,14-15H2,1H3,(H2,29,30,31,32,34)/t16-/m0/s1. The van der Waals surface area contributed by atoms with Crippen molar-refractivity contribution in [3.8, 4) is 0 Å². The maximum Gasteiger partial charge on any atom is 0.433 e. The fourth-order valence-electron chi connectivity index (χ4n) is 5.03. The minimum Gasteiger partial charge on any atom is -0.361 e. The van der Waals surface area contributed by atoms with Gasteiger partial charge in [-0.05, 0) is 61.5 Å². The molecule has 0 spiro atoms. The Hall–Kier alpha value is -2.13. The highest BCUT2D eigenvalue weighted by atomic mass is 35.5. The van der Waals surface area contributed by atoms with Crippen molar-refractivity contribution in [1.29, 1.82) is 0 Å². The summed E-state index contributed by atoms with van der Waals surface area (Å²) in [6.45, 7) is 3.98. The first-order chi connectivity index (χ1) is 16.1. The van der Waals surface area contributed by atoms with E-state index in [4.69, 9.17) is 23.8 Å². The Bertz CT molecular complexity index is 1030. The van der Waals surface area contributed by atoms with Crippen LogP contribution in [0.2, 0.25) is 5.02 Å². The predicted molar refractivity (Wildman–Crippen MR) is 133 cm³/mol. The van der Waals surface area contributed by atoms with Crippen LogP contribution >= 0.6 is 23.8 Å². The fraction of sp³-hybridized carbons (Fsp3) is 0.542. The van der Waals surface area contributed by atoms with Crippen molar-refractivity contribution < 1.29 is 13.2 Å². The molecule has 4 rings (SSSR count). The molecule has 5 nitrogen and oxygen atoms in total. The number of alkyl halides is 3. The van der Waals surface area contributed by atoms with Gasteiger partial charge in [-0.15, -0.1) is 0 Å². The molecule has 2 heterocycles. The Balaban J connectivity index is 1.50. The number of nitrogens with zero attached hydrogens (tertiary/aromatic N) is 3. The highest BCUT2D eigenvalue weighted by Crippen LogP contribution is 2.41. The minimum absolute atomic E-state index is 0.125. The summed E-state index contributed by atoms with van der Waals surface area (Å²) >= 11 is 11.7. The molecular weight excluding hydrogens is 483 g/mol. The molecular formula is C24H29ClF3N5S. The van der Waals surface area contributed by atoms with E-state index in [1.165, 1.54) is 0 Å². The Labute approximate surface area is 208 Å². The van der Waals surface area contributed by atoms with Gasteiger partial charge in [0.1, 0.15) is 5.82 Å². The number of rotatable bonds is 5. The van der Waals surface area contributed by atoms with E-state index in [-0.39, 0.29) is 22.3 Å². The molecule has 2 fully saturated rings. The summed E-state index contributed by atoms with van der Waals surface area (Å²) in [4.78, 5) is 9.97. The first-order valence-corrected chi connectivity index (χ1v) is 12.5. The van der Waals surface area contributed by atoms with Crippen LogP contribution in [-0.2, 0) is 11.6 Å². The average Bonchev–Trinajstić information content (AvgIpc) is 3.27. The molecule has 0 unspecified atom stereocenters. The lowest BCUT2D eigenvalue weighted by molar-refractivity contribution is -0.141. The van der Waals surface area contributed by atoms with E-state index in [9.17, 15) is 13.2 Å². The summed E-state index contributed by atoms with van der Waals surface area (Å²) in [5.74, 6) is 0.514. The van der Waals surface area contributed by atoms with Gasteiger partial charge >= 0.3 is 6.18 Å². The molecule has 2 aliphatic rings. The molecule has 34 heavy (non-hydrogen) atoms. The van der Waals surface area contributed by atoms with Gasteiger partial charge in [0.2, 0.25) is 5.95 Å². The lowest BCUT2D eigenvalue weighted by atomic mass is 9.79. The van der Waals surface area contributed by atoms with Gasteiger partial charge in [-0.2, -0.15) is 18.2 Å². The largest absolute Gasteiger partial charge is 0.433 e. The van der Waals surface area contributed by atoms with E-state index in [0.717, 1.165) is 50.2 Å². The topological polar surface area (TPSA) is 53.1 Å². The molecule has 1 aromatic carbocycles. The van der Waals surface area contributed by atoms with Gasteiger partial charge in [0, 0.05) is 36.1 Å². The van der Waals surface area contributed by atoms with E-state index in [2.05, 4.69) is 33.6 Å². The van der Waals surface area contributed by atoms with E-state index < -0.39 is 11.9 Å². The third-order valence-electron chi connectivity index (χ3n) is 6.79. The zero-order valence-corrected chi connectivity index (χ0v) is 20.7. The van der Waals surface area contributed by atoms with Gasteiger partial charge in [0.05, 0.1) is 0 Å². The van der Waals surface area contributed by atoms with Crippen molar-refractivity contribution in [2.24, 2.45) is 5.92 Å². The second kappa shape index (κ2) is 10.2. The third kappa shape index (κ3) is 5.92. The van der Waals surface area contributed by atoms with Crippen molar-refractivity contribution in [3.05, 3.63) is 46.6 Å². The zero-order chi connectivity index (χ0) is 24.3. The van der Waals surface area contributed by atoms with Crippen molar-refractivity contribution in [1.82, 2.24) is 15.3 Å². The smallest absolute Gasteiger partial charge is 0.361 e. The van der Waals surface area contributed by atoms with E-state index in [0.29, 0.717) is 30.6 Å². The predicted octanol–water partition coefficient (Wildman–Crippen LogP) is 6.18. The molecule has 0 radical (unpaired) electrons. The number of halogens is 4. The van der Waals surface area contributed by atoms with Crippen LogP contribution in [0, 0.1) is 5.92 Å². The normalized spacial score (nSPS) is 20.3. The average molecular weight is 512 g/mol. The van der Waals surface area contributed by atoms with Crippen molar-refractivity contribution in [2.75, 3.05) is 29.9 Å². The molecule has 0 bridgehead atoms. The Morgan fingerprint density at radius 2 is 1.97 bits per heavy atom. The number of aromatic nitrogens is 2. The number of anilines is 2. The van der Waals surface area contributed by atoms with Gasteiger partial charge in [0.25, 0.3) is 0 Å². The monoisotopic (exact) mass is 511 g/mol. The van der Waals surface area contributed by atoms with E-state index >= 15 is 0 Å². The maximum atomic E-state index is 13.6. The molecule has 1 saturated heterocycles. The second-order valence-electron chi connectivity index (χ2n) is 9.43. The van der Waals surface area contributed by atoms with Crippen LogP contribution < -0.4 is 15.5 Å². The van der Waals surface area contributed by atoms with Crippen LogP contribution in [0.1, 0.15) is 56.7 Å². The summed E-state index contributed by atoms with van der Waals surface area (Å²) in [6, 6.07) is 8.85. The molecule has 184 valence electrons. The highest BCUT2D eigenvalue weighted by Gasteiger charge is 2.37. The summed E-state index contributed by atoms with van der Waals surface area (Å²) in [6.07, 6.45) is 1.57. The molecule has 1 aromatic heterocycles. The molecule has 1 atom stereocenters. The van der Waals surface area contributed by atoms with Crippen LogP contribution in [-0.4, -0.2) is 34.7 Å². The number of piperidine rings is 1. The quantitative estimate of drug-likeness (QED) is 0.467. The summed E-state index contributed by atoms with van der Waals surface area (Å²) in [5, 5.41) is 6.87. The molecule has 1 aliphatic heterocycles. The zero-order valence-electron chi connectivity index (χ0n) is 19.1. The SMILES string of the molecule is C[C@H]1CCCN(c2cc(C(F)(F)F)nc(NC(=S)NCC3(c4cccc(Cl)c4)CCCC3)n2)C1. The molecule has 1 saturated carbocycles. The minimum atomic E-state index is -4.58. The van der Waals surface area contributed by atoms with Crippen LogP contribution in [0.4, 0.5) is 24.9 Å². The van der Waals surface area contributed by atoms with Gasteiger partial charge in [-0.1, -0.05) is 43.5 Å². The van der Waals surface area contributed by atoms with Crippen LogP contribution in [0.25, 0.3) is 0 Å². The Morgan fingerprint density at radius 3 is 2.65 bits per heavy atom. The van der Waals surface area contributed by atoms with Crippen LogP contribution in [0.3, 0.4) is 0 Å². The highest BCUT2D eigenvalue weighted by molar-refractivity contribution is 7.80. The first kappa shape index (κ1) is 25.0. The molecule has 2 aromatic rings. The summed E-state index contributed by atoms with van der Waals surface area (Å²) in [5.41, 5.74) is 0.0392.